The Kier molecular flexibility index (Phi) is 8.57. The Balaban J connectivity index is 2.17. The van der Waals surface area contributed by atoms with Crippen LogP contribution in [0.4, 0.5) is 13.2 Å². The Hall–Kier alpha value is -2.98. The number of ether oxygens (including phenoxy) is 2. The van der Waals surface area contributed by atoms with Crippen LogP contribution < -0.4 is 26.0 Å². The van der Waals surface area contributed by atoms with Crippen LogP contribution in [0.15, 0.2) is 30.3 Å². The summed E-state index contributed by atoms with van der Waals surface area (Å²) in [6, 6.07) is 7.53. The quantitative estimate of drug-likeness (QED) is 0.392. The molecule has 0 aliphatic carbocycles. The molecule has 2 rings (SSSR count). The first-order valence-corrected chi connectivity index (χ1v) is 9.82. The van der Waals surface area contributed by atoms with Crippen molar-refractivity contribution in [3.63, 3.8) is 0 Å². The molecule has 0 radical (unpaired) electrons. The van der Waals surface area contributed by atoms with Crippen molar-refractivity contribution in [1.82, 2.24) is 5.32 Å². The van der Waals surface area contributed by atoms with Crippen LogP contribution in [0.1, 0.15) is 28.4 Å². The van der Waals surface area contributed by atoms with E-state index in [-0.39, 0.29) is 35.0 Å². The Morgan fingerprint density at radius 3 is 2.45 bits per heavy atom. The van der Waals surface area contributed by atoms with Gasteiger partial charge in [-0.3, -0.25) is 4.79 Å². The number of alkyl halides is 3. The first-order chi connectivity index (χ1) is 15.5. The number of hydrogen-bond acceptors (Lipinski definition) is 7. The number of amides is 1. The highest BCUT2D eigenvalue weighted by Crippen LogP contribution is 2.28. The topological polar surface area (TPSA) is 138 Å². The second-order valence-corrected chi connectivity index (χ2v) is 7.46. The summed E-state index contributed by atoms with van der Waals surface area (Å²) >= 11 is 6.26. The fourth-order valence-corrected chi connectivity index (χ4v) is 3.16. The van der Waals surface area contributed by atoms with Crippen molar-refractivity contribution in [3.05, 3.63) is 52.0 Å². The van der Waals surface area contributed by atoms with E-state index in [2.05, 4.69) is 10.1 Å². The molecular weight excluding hydrogens is 465 g/mol. The van der Waals surface area contributed by atoms with E-state index in [4.69, 9.17) is 22.1 Å². The second kappa shape index (κ2) is 10.8. The number of nitriles is 1. The maximum atomic E-state index is 12.5. The van der Waals surface area contributed by atoms with Gasteiger partial charge in [-0.1, -0.05) is 11.6 Å². The number of halogens is 4. The first-order valence-electron chi connectivity index (χ1n) is 9.44. The van der Waals surface area contributed by atoms with Crippen molar-refractivity contribution in [2.75, 3.05) is 6.61 Å². The summed E-state index contributed by atoms with van der Waals surface area (Å²) in [6.45, 7) is 0.633. The molecule has 5 N–H and O–H groups in total. The number of aliphatic hydroxyl groups excluding tert-OH is 1. The number of rotatable bonds is 9. The van der Waals surface area contributed by atoms with E-state index in [1.54, 1.807) is 0 Å². The summed E-state index contributed by atoms with van der Waals surface area (Å²) in [6.07, 6.45) is -4.86. The third-order valence-electron chi connectivity index (χ3n) is 4.58. The zero-order valence-electron chi connectivity index (χ0n) is 17.4. The van der Waals surface area contributed by atoms with Gasteiger partial charge in [0.25, 0.3) is 5.91 Å². The van der Waals surface area contributed by atoms with Crippen molar-refractivity contribution in [2.24, 2.45) is 5.73 Å². The Morgan fingerprint density at radius 2 is 1.97 bits per heavy atom. The van der Waals surface area contributed by atoms with Crippen LogP contribution in [-0.2, 0) is 13.2 Å². The highest BCUT2D eigenvalue weighted by Gasteiger charge is 2.32. The molecule has 1 amide bonds. The van der Waals surface area contributed by atoms with Gasteiger partial charge in [0.1, 0.15) is 18.1 Å². The van der Waals surface area contributed by atoms with Gasteiger partial charge in [-0.2, -0.15) is 5.26 Å². The van der Waals surface area contributed by atoms with E-state index >= 15 is 0 Å². The number of aliphatic hydroxyl groups is 1. The molecule has 0 heterocycles. The number of carbonyl (C=O) groups excluding carboxylic acids is 1. The van der Waals surface area contributed by atoms with E-state index < -0.39 is 37.6 Å². The molecule has 0 aliphatic rings. The number of nitrogens with one attached hydrogen (secondary N) is 1. The molecule has 13 heteroatoms. The number of hydrogen-bond donors (Lipinski definition) is 4. The van der Waals surface area contributed by atoms with Crippen molar-refractivity contribution in [2.45, 2.75) is 32.0 Å². The summed E-state index contributed by atoms with van der Waals surface area (Å²) in [5.74, 6) is -1.15. The molecule has 1 unspecified atom stereocenters. The Morgan fingerprint density at radius 1 is 1.33 bits per heavy atom. The van der Waals surface area contributed by atoms with Crippen LogP contribution in [-0.4, -0.2) is 42.0 Å². The molecule has 0 saturated heterocycles. The van der Waals surface area contributed by atoms with Gasteiger partial charge in [0.2, 0.25) is 0 Å². The van der Waals surface area contributed by atoms with E-state index in [0.29, 0.717) is 11.1 Å². The second-order valence-electron chi connectivity index (χ2n) is 7.08. The van der Waals surface area contributed by atoms with Crippen LogP contribution in [0.5, 0.6) is 11.5 Å². The van der Waals surface area contributed by atoms with Crippen molar-refractivity contribution in [3.8, 4) is 17.6 Å². The van der Waals surface area contributed by atoms with Gasteiger partial charge in [0.15, 0.2) is 5.54 Å². The largest absolute Gasteiger partial charge is 0.573 e. The average Bonchev–Trinajstić information content (AvgIpc) is 2.77. The summed E-state index contributed by atoms with van der Waals surface area (Å²) in [5.41, 5.74) is 5.18. The van der Waals surface area contributed by atoms with Crippen LogP contribution in [0.2, 0.25) is 5.02 Å². The molecule has 176 valence electrons. The third-order valence-corrected chi connectivity index (χ3v) is 4.99. The van der Waals surface area contributed by atoms with Gasteiger partial charge in [-0.05, 0) is 53.8 Å². The van der Waals surface area contributed by atoms with Gasteiger partial charge in [-0.15, -0.1) is 13.2 Å². The van der Waals surface area contributed by atoms with E-state index in [9.17, 15) is 33.4 Å². The number of benzene rings is 2. The third kappa shape index (κ3) is 6.75. The van der Waals surface area contributed by atoms with Crippen LogP contribution in [0.3, 0.4) is 0 Å². The van der Waals surface area contributed by atoms with E-state index in [1.165, 1.54) is 13.0 Å². The summed E-state index contributed by atoms with van der Waals surface area (Å²) in [7, 11) is -0.487. The first kappa shape index (κ1) is 26.3. The molecule has 0 bridgehead atoms. The summed E-state index contributed by atoms with van der Waals surface area (Å²) in [5, 5.41) is 31.2. The minimum atomic E-state index is -4.86. The molecule has 0 spiro atoms. The number of nitrogens with two attached hydrogens (primary N) is 1. The molecule has 0 fully saturated rings. The highest BCUT2D eigenvalue weighted by atomic mass is 35.5. The zero-order valence-corrected chi connectivity index (χ0v) is 18.1. The summed E-state index contributed by atoms with van der Waals surface area (Å²) in [4.78, 5) is 12.5. The zero-order chi connectivity index (χ0) is 24.8. The number of nitrogens with zero attached hydrogens (tertiary/aromatic N) is 1. The monoisotopic (exact) mass is 485 g/mol. The van der Waals surface area contributed by atoms with Crippen molar-refractivity contribution >= 4 is 30.5 Å². The van der Waals surface area contributed by atoms with E-state index in [0.717, 1.165) is 24.3 Å². The van der Waals surface area contributed by atoms with Crippen LogP contribution in [0, 0.1) is 11.3 Å². The molecule has 2 aromatic rings. The maximum absolute atomic E-state index is 12.5. The SMILES string of the molecule is CC(C#N)(COc1cc(CN)c(CO)c(BO)c1Cl)NC(=O)c1ccc(OC(F)(F)F)cc1. The molecule has 33 heavy (non-hydrogen) atoms. The van der Waals surface area contributed by atoms with Crippen LogP contribution >= 0.6 is 11.6 Å². The van der Waals surface area contributed by atoms with Gasteiger partial charge in [-0.25, -0.2) is 0 Å². The van der Waals surface area contributed by atoms with Gasteiger partial charge in [0.05, 0.1) is 17.7 Å². The lowest BCUT2D eigenvalue weighted by molar-refractivity contribution is -0.274. The number of carbonyl (C=O) groups is 1. The molecule has 0 saturated carbocycles. The van der Waals surface area contributed by atoms with Gasteiger partial charge < -0.3 is 30.7 Å². The lowest BCUT2D eigenvalue weighted by atomic mass is 9.82. The highest BCUT2D eigenvalue weighted by molar-refractivity contribution is 6.54. The lowest BCUT2D eigenvalue weighted by Crippen LogP contribution is -2.49. The molecule has 8 nitrogen and oxygen atoms in total. The standard InChI is InChI=1S/C20H20BClF3N3O5/c1-19(9-27,28-18(30)11-2-4-13(5-3-11)33-20(23,24)25)10-32-15-6-12(7-26)14(8-29)16(21-31)17(15)22/h2-6,21,29,31H,7-8,10,26H2,1H3,(H,28,30). The molecule has 2 aromatic carbocycles. The normalized spacial score (nSPS) is 12.9. The lowest BCUT2D eigenvalue weighted by Gasteiger charge is -2.25. The van der Waals surface area contributed by atoms with Crippen molar-refractivity contribution in [1.29, 1.82) is 5.26 Å². The smallest absolute Gasteiger partial charge is 0.488 e. The van der Waals surface area contributed by atoms with Gasteiger partial charge in [0, 0.05) is 12.1 Å². The Bertz CT molecular complexity index is 1050. The van der Waals surface area contributed by atoms with Gasteiger partial charge >= 0.3 is 13.8 Å². The average molecular weight is 486 g/mol. The molecular formula is C20H20BClF3N3O5. The molecule has 0 aliphatic heterocycles. The molecule has 1 atom stereocenters. The fraction of sp³-hybridized carbons (Fsp3) is 0.300. The molecule has 0 aromatic heterocycles. The minimum absolute atomic E-state index is 0.00989. The van der Waals surface area contributed by atoms with Crippen molar-refractivity contribution < 1.29 is 37.6 Å². The fourth-order valence-electron chi connectivity index (χ4n) is 2.88. The van der Waals surface area contributed by atoms with Crippen LogP contribution in [0.25, 0.3) is 0 Å². The Labute approximate surface area is 192 Å². The van der Waals surface area contributed by atoms with E-state index in [1.807, 2.05) is 6.07 Å². The maximum Gasteiger partial charge on any atom is 0.573 e. The summed E-state index contributed by atoms with van der Waals surface area (Å²) < 4.78 is 46.2. The predicted molar refractivity (Wildman–Crippen MR) is 114 cm³/mol. The minimum Gasteiger partial charge on any atom is -0.488 e. The predicted octanol–water partition coefficient (Wildman–Crippen LogP) is 1.25.